The molecule has 0 radical (unpaired) electrons. The second-order valence-electron chi connectivity index (χ2n) is 4.47. The SMILES string of the molecule is CNC(=O)c1cc(S(=O)(=O)Nc2cccc(C(C)=O)c2)cs1. The van der Waals surface area contributed by atoms with E-state index in [1.54, 1.807) is 18.2 Å². The summed E-state index contributed by atoms with van der Waals surface area (Å²) in [5, 5.41) is 3.83. The molecule has 0 aliphatic heterocycles. The third-order valence-corrected chi connectivity index (χ3v) is 5.30. The van der Waals surface area contributed by atoms with E-state index in [1.807, 2.05) is 0 Å². The number of Topliss-reactive ketones (excluding diaryl/α,β-unsaturated/α-hetero) is 1. The number of sulfonamides is 1. The molecule has 1 heterocycles. The van der Waals surface area contributed by atoms with Crippen molar-refractivity contribution in [1.29, 1.82) is 0 Å². The van der Waals surface area contributed by atoms with Gasteiger partial charge in [0.1, 0.15) is 0 Å². The molecule has 6 nitrogen and oxygen atoms in total. The number of benzene rings is 1. The highest BCUT2D eigenvalue weighted by atomic mass is 32.2. The van der Waals surface area contributed by atoms with Crippen LogP contribution in [0.15, 0.2) is 40.6 Å². The van der Waals surface area contributed by atoms with Gasteiger partial charge < -0.3 is 5.32 Å². The van der Waals surface area contributed by atoms with Crippen LogP contribution in [-0.4, -0.2) is 27.2 Å². The zero-order valence-corrected chi connectivity index (χ0v) is 13.5. The topological polar surface area (TPSA) is 92.3 Å². The summed E-state index contributed by atoms with van der Waals surface area (Å²) in [6.07, 6.45) is 0. The molecule has 0 saturated carbocycles. The van der Waals surface area contributed by atoms with Crippen LogP contribution in [-0.2, 0) is 10.0 Å². The van der Waals surface area contributed by atoms with Gasteiger partial charge in [0.2, 0.25) is 0 Å². The second-order valence-corrected chi connectivity index (χ2v) is 7.06. The Morgan fingerprint density at radius 3 is 2.55 bits per heavy atom. The number of thiophene rings is 1. The van der Waals surface area contributed by atoms with Gasteiger partial charge in [-0.2, -0.15) is 0 Å². The fraction of sp³-hybridized carbons (Fsp3) is 0.143. The number of carbonyl (C=O) groups excluding carboxylic acids is 2. The highest BCUT2D eigenvalue weighted by Crippen LogP contribution is 2.22. The summed E-state index contributed by atoms with van der Waals surface area (Å²) in [7, 11) is -2.33. The van der Waals surface area contributed by atoms with Crippen molar-refractivity contribution in [3.8, 4) is 0 Å². The molecule has 0 saturated heterocycles. The highest BCUT2D eigenvalue weighted by molar-refractivity contribution is 7.92. The molecular weight excluding hydrogens is 324 g/mol. The molecule has 1 aromatic heterocycles. The Balaban J connectivity index is 2.28. The standard InChI is InChI=1S/C14H14N2O4S2/c1-9(17)10-4-3-5-11(6-10)16-22(19,20)12-7-13(21-8-12)14(18)15-2/h3-8,16H,1-2H3,(H,15,18). The Labute approximate surface area is 132 Å². The number of nitrogens with one attached hydrogen (secondary N) is 2. The maximum Gasteiger partial charge on any atom is 0.262 e. The normalized spacial score (nSPS) is 11.0. The van der Waals surface area contributed by atoms with Gasteiger partial charge in [-0.05, 0) is 25.1 Å². The van der Waals surface area contributed by atoms with Crippen LogP contribution in [0.4, 0.5) is 5.69 Å². The molecule has 0 bridgehead atoms. The maximum atomic E-state index is 12.3. The van der Waals surface area contributed by atoms with Gasteiger partial charge in [0.05, 0.1) is 9.77 Å². The third-order valence-electron chi connectivity index (χ3n) is 2.86. The first-order valence-corrected chi connectivity index (χ1v) is 8.64. The van der Waals surface area contributed by atoms with Crippen LogP contribution < -0.4 is 10.0 Å². The number of hydrogen-bond acceptors (Lipinski definition) is 5. The van der Waals surface area contributed by atoms with Crippen LogP contribution in [0.25, 0.3) is 0 Å². The highest BCUT2D eigenvalue weighted by Gasteiger charge is 2.18. The Morgan fingerprint density at radius 2 is 1.91 bits per heavy atom. The minimum absolute atomic E-state index is 0.00401. The van der Waals surface area contributed by atoms with Gasteiger partial charge in [-0.15, -0.1) is 11.3 Å². The third kappa shape index (κ3) is 3.52. The first-order chi connectivity index (χ1) is 10.3. The molecule has 0 spiro atoms. The van der Waals surface area contributed by atoms with Crippen molar-refractivity contribution in [3.63, 3.8) is 0 Å². The van der Waals surface area contributed by atoms with Gasteiger partial charge in [-0.3, -0.25) is 14.3 Å². The minimum Gasteiger partial charge on any atom is -0.354 e. The Morgan fingerprint density at radius 1 is 1.18 bits per heavy atom. The van der Waals surface area contributed by atoms with Crippen molar-refractivity contribution in [2.24, 2.45) is 0 Å². The fourth-order valence-electron chi connectivity index (χ4n) is 1.72. The number of carbonyl (C=O) groups is 2. The van der Waals surface area contributed by atoms with E-state index >= 15 is 0 Å². The summed E-state index contributed by atoms with van der Waals surface area (Å²) >= 11 is 1.04. The predicted molar refractivity (Wildman–Crippen MR) is 85.0 cm³/mol. The average Bonchev–Trinajstić information content (AvgIpc) is 2.97. The van der Waals surface area contributed by atoms with Crippen LogP contribution >= 0.6 is 11.3 Å². The Hall–Kier alpha value is -2.19. The average molecular weight is 338 g/mol. The second kappa shape index (κ2) is 6.29. The van der Waals surface area contributed by atoms with E-state index in [0.29, 0.717) is 16.1 Å². The summed E-state index contributed by atoms with van der Waals surface area (Å²) in [5.74, 6) is -0.497. The van der Waals surface area contributed by atoms with E-state index in [4.69, 9.17) is 0 Å². The van der Waals surface area contributed by atoms with E-state index in [9.17, 15) is 18.0 Å². The molecule has 8 heteroatoms. The maximum absolute atomic E-state index is 12.3. The largest absolute Gasteiger partial charge is 0.354 e. The summed E-state index contributed by atoms with van der Waals surface area (Å²) in [4.78, 5) is 23.1. The zero-order valence-electron chi connectivity index (χ0n) is 11.9. The molecule has 116 valence electrons. The molecule has 2 rings (SSSR count). The monoisotopic (exact) mass is 338 g/mol. The molecule has 0 aliphatic rings. The molecule has 1 aromatic carbocycles. The van der Waals surface area contributed by atoms with Gasteiger partial charge in [-0.25, -0.2) is 8.42 Å². The van der Waals surface area contributed by atoms with Gasteiger partial charge in [0.25, 0.3) is 15.9 Å². The van der Waals surface area contributed by atoms with E-state index in [0.717, 1.165) is 11.3 Å². The van der Waals surface area contributed by atoms with E-state index in [1.165, 1.54) is 31.5 Å². The van der Waals surface area contributed by atoms with Crippen molar-refractivity contribution < 1.29 is 18.0 Å². The lowest BCUT2D eigenvalue weighted by atomic mass is 10.1. The molecular formula is C14H14N2O4S2. The van der Waals surface area contributed by atoms with Crippen molar-refractivity contribution in [2.75, 3.05) is 11.8 Å². The van der Waals surface area contributed by atoms with Gasteiger partial charge in [-0.1, -0.05) is 12.1 Å². The van der Waals surface area contributed by atoms with Crippen LogP contribution in [0, 0.1) is 0 Å². The lowest BCUT2D eigenvalue weighted by molar-refractivity contribution is 0.0965. The fourth-order valence-corrected chi connectivity index (χ4v) is 3.99. The minimum atomic E-state index is -3.81. The molecule has 1 amide bonds. The van der Waals surface area contributed by atoms with Crippen molar-refractivity contribution in [2.45, 2.75) is 11.8 Å². The molecule has 2 aromatic rings. The van der Waals surface area contributed by atoms with Crippen LogP contribution in [0.2, 0.25) is 0 Å². The predicted octanol–water partition coefficient (Wildman–Crippen LogP) is 2.11. The number of ketones is 1. The van der Waals surface area contributed by atoms with Crippen LogP contribution in [0.3, 0.4) is 0 Å². The summed E-state index contributed by atoms with van der Waals surface area (Å²) in [6.45, 7) is 1.40. The lowest BCUT2D eigenvalue weighted by Crippen LogP contribution is -2.16. The number of hydrogen-bond donors (Lipinski definition) is 2. The van der Waals surface area contributed by atoms with E-state index in [-0.39, 0.29) is 16.6 Å². The number of rotatable bonds is 5. The molecule has 0 unspecified atom stereocenters. The van der Waals surface area contributed by atoms with Gasteiger partial charge in [0, 0.05) is 23.7 Å². The summed E-state index contributed by atoms with van der Waals surface area (Å²) in [6, 6.07) is 7.52. The first kappa shape index (κ1) is 16.2. The van der Waals surface area contributed by atoms with Crippen LogP contribution in [0.5, 0.6) is 0 Å². The van der Waals surface area contributed by atoms with Crippen molar-refractivity contribution in [1.82, 2.24) is 5.32 Å². The Bertz CT molecular complexity index is 825. The quantitative estimate of drug-likeness (QED) is 0.817. The molecule has 2 N–H and O–H groups in total. The van der Waals surface area contributed by atoms with Gasteiger partial charge >= 0.3 is 0 Å². The summed E-state index contributed by atoms with van der Waals surface area (Å²) in [5.41, 5.74) is 0.706. The van der Waals surface area contributed by atoms with Crippen molar-refractivity contribution in [3.05, 3.63) is 46.2 Å². The zero-order chi connectivity index (χ0) is 16.3. The molecule has 0 aliphatic carbocycles. The van der Waals surface area contributed by atoms with E-state index < -0.39 is 10.0 Å². The van der Waals surface area contributed by atoms with E-state index in [2.05, 4.69) is 10.0 Å². The first-order valence-electron chi connectivity index (χ1n) is 6.28. The number of amides is 1. The molecule has 0 atom stereocenters. The van der Waals surface area contributed by atoms with Crippen LogP contribution in [0.1, 0.15) is 27.0 Å². The van der Waals surface area contributed by atoms with Crippen molar-refractivity contribution >= 4 is 38.7 Å². The lowest BCUT2D eigenvalue weighted by Gasteiger charge is -2.07. The smallest absolute Gasteiger partial charge is 0.262 e. The molecule has 0 fully saturated rings. The molecule has 22 heavy (non-hydrogen) atoms. The summed E-state index contributed by atoms with van der Waals surface area (Å²) < 4.78 is 27.0. The Kier molecular flexibility index (Phi) is 4.62. The number of anilines is 1. The van der Waals surface area contributed by atoms with Gasteiger partial charge in [0.15, 0.2) is 5.78 Å².